The highest BCUT2D eigenvalue weighted by molar-refractivity contribution is 4.67. The molecule has 0 bridgehead atoms. The lowest BCUT2D eigenvalue weighted by Gasteiger charge is -2.22. The van der Waals surface area contributed by atoms with Crippen molar-refractivity contribution in [3.8, 4) is 0 Å². The van der Waals surface area contributed by atoms with Gasteiger partial charge in [-0.1, -0.05) is 64.7 Å². The molecule has 1 N–H and O–H groups in total. The molecule has 1 heterocycles. The van der Waals surface area contributed by atoms with Crippen molar-refractivity contribution in [2.45, 2.75) is 90.1 Å². The summed E-state index contributed by atoms with van der Waals surface area (Å²) in [5.74, 6) is 0. The molecule has 10 heteroatoms. The van der Waals surface area contributed by atoms with Crippen molar-refractivity contribution in [2.24, 2.45) is 0 Å². The van der Waals surface area contributed by atoms with Gasteiger partial charge in [0.1, 0.15) is 0 Å². The highest BCUT2D eigenvalue weighted by atomic mass is 16.6. The van der Waals surface area contributed by atoms with Gasteiger partial charge in [-0.05, 0) is 32.4 Å². The minimum Gasteiger partial charge on any atom is -0.379 e. The van der Waals surface area contributed by atoms with Crippen LogP contribution >= 0.6 is 0 Å². The molecule has 0 aromatic rings. The number of hydrogen-bond donors (Lipinski definition) is 1. The third kappa shape index (κ3) is 32.8. The molecule has 0 radical (unpaired) electrons. The molecule has 0 amide bonds. The Hall–Kier alpha value is -0.400. The van der Waals surface area contributed by atoms with Crippen molar-refractivity contribution in [1.29, 1.82) is 0 Å². The lowest BCUT2D eigenvalue weighted by atomic mass is 10.1. The van der Waals surface area contributed by atoms with Crippen LogP contribution in [0, 0.1) is 0 Å². The van der Waals surface area contributed by atoms with Crippen LogP contribution in [0.4, 0.5) is 0 Å². The number of unbranched alkanes of at least 4 members (excludes halogenated alkanes) is 9. The minimum atomic E-state index is 0.380. The van der Waals surface area contributed by atoms with Crippen molar-refractivity contribution in [3.63, 3.8) is 0 Å². The van der Waals surface area contributed by atoms with E-state index in [-0.39, 0.29) is 0 Å². The zero-order valence-electron chi connectivity index (χ0n) is 27.7. The van der Waals surface area contributed by atoms with Gasteiger partial charge < -0.3 is 47.9 Å². The molecule has 10 nitrogen and oxygen atoms in total. The summed E-state index contributed by atoms with van der Waals surface area (Å²) in [4.78, 5) is 0. The van der Waals surface area contributed by atoms with E-state index in [1.807, 2.05) is 0 Å². The molecule has 1 aliphatic rings. The van der Waals surface area contributed by atoms with Crippen LogP contribution in [-0.4, -0.2) is 132 Å². The zero-order valence-corrected chi connectivity index (χ0v) is 27.7. The first-order valence-corrected chi connectivity index (χ1v) is 17.4. The van der Waals surface area contributed by atoms with E-state index in [0.29, 0.717) is 112 Å². The highest BCUT2D eigenvalue weighted by Crippen LogP contribution is 2.10. The first-order chi connectivity index (χ1) is 21.4. The van der Waals surface area contributed by atoms with Crippen molar-refractivity contribution >= 4 is 0 Å². The second-order valence-corrected chi connectivity index (χ2v) is 10.9. The Labute approximate surface area is 263 Å². The number of ether oxygens (including phenoxy) is 9. The smallest absolute Gasteiger partial charge is 0.0704 e. The summed E-state index contributed by atoms with van der Waals surface area (Å²) in [6.07, 6.45) is 16.0. The van der Waals surface area contributed by atoms with Crippen molar-refractivity contribution < 1.29 is 42.6 Å². The van der Waals surface area contributed by atoms with Crippen LogP contribution in [0.15, 0.2) is 0 Å². The van der Waals surface area contributed by atoms with Crippen LogP contribution < -0.4 is 5.32 Å². The first kappa shape index (κ1) is 40.6. The number of piperidine rings is 1. The van der Waals surface area contributed by atoms with Crippen molar-refractivity contribution in [1.82, 2.24) is 5.32 Å². The summed E-state index contributed by atoms with van der Waals surface area (Å²) in [5.41, 5.74) is 0. The summed E-state index contributed by atoms with van der Waals surface area (Å²) in [6.45, 7) is 14.4. The fourth-order valence-corrected chi connectivity index (χ4v) is 4.57. The molecule has 1 aliphatic heterocycles. The second kappa shape index (κ2) is 36.1. The average Bonchev–Trinajstić information content (AvgIpc) is 3.03. The van der Waals surface area contributed by atoms with Crippen LogP contribution in [0.1, 0.15) is 84.0 Å². The molecule has 1 rings (SSSR count). The lowest BCUT2D eigenvalue weighted by molar-refractivity contribution is -0.0318. The normalized spacial score (nSPS) is 14.2. The third-order valence-electron chi connectivity index (χ3n) is 7.11. The summed E-state index contributed by atoms with van der Waals surface area (Å²) < 4.78 is 50.1. The number of nitrogens with one attached hydrogen (secondary N) is 1. The van der Waals surface area contributed by atoms with Gasteiger partial charge in [0, 0.05) is 6.61 Å². The van der Waals surface area contributed by atoms with Gasteiger partial charge in [-0.2, -0.15) is 0 Å². The standard InChI is InChI=1S/C33H67NO9/c1-2-3-4-5-6-7-8-9-10-11-16-35-17-18-36-19-20-37-21-22-38-23-24-39-25-26-40-27-28-41-29-30-42-31-32-43-33-12-14-34-15-13-33/h33-34H,2-32H2,1H3. The Bertz CT molecular complexity index is 513. The second-order valence-electron chi connectivity index (χ2n) is 10.9. The largest absolute Gasteiger partial charge is 0.379 e. The average molecular weight is 622 g/mol. The van der Waals surface area contributed by atoms with Crippen LogP contribution in [0.3, 0.4) is 0 Å². The Morgan fingerprint density at radius 2 is 0.674 bits per heavy atom. The third-order valence-corrected chi connectivity index (χ3v) is 7.11. The van der Waals surface area contributed by atoms with Gasteiger partial charge in [0.05, 0.1) is 112 Å². The van der Waals surface area contributed by atoms with Gasteiger partial charge >= 0.3 is 0 Å². The molecule has 1 saturated heterocycles. The van der Waals surface area contributed by atoms with E-state index in [9.17, 15) is 0 Å². The van der Waals surface area contributed by atoms with E-state index in [1.54, 1.807) is 0 Å². The van der Waals surface area contributed by atoms with Crippen LogP contribution in [-0.2, 0) is 42.6 Å². The monoisotopic (exact) mass is 621 g/mol. The molecule has 0 unspecified atom stereocenters. The zero-order chi connectivity index (χ0) is 30.6. The SMILES string of the molecule is CCCCCCCCCCCCOCCOCCOCCOCCOCCOCCOCCOCCOC1CCNCC1. The van der Waals surface area contributed by atoms with Gasteiger partial charge in [-0.15, -0.1) is 0 Å². The maximum absolute atomic E-state index is 5.79. The maximum Gasteiger partial charge on any atom is 0.0704 e. The minimum absolute atomic E-state index is 0.380. The topological polar surface area (TPSA) is 95.1 Å². The van der Waals surface area contributed by atoms with Crippen molar-refractivity contribution in [2.75, 3.05) is 125 Å². The van der Waals surface area contributed by atoms with Crippen LogP contribution in [0.5, 0.6) is 0 Å². The Kier molecular flexibility index (Phi) is 34.1. The molecule has 258 valence electrons. The Balaban J connectivity index is 1.60. The summed E-state index contributed by atoms with van der Waals surface area (Å²) in [7, 11) is 0. The highest BCUT2D eigenvalue weighted by Gasteiger charge is 2.12. The van der Waals surface area contributed by atoms with Crippen LogP contribution in [0.2, 0.25) is 0 Å². The van der Waals surface area contributed by atoms with E-state index >= 15 is 0 Å². The van der Waals surface area contributed by atoms with E-state index in [1.165, 1.54) is 57.8 Å². The van der Waals surface area contributed by atoms with E-state index in [2.05, 4.69) is 12.2 Å². The predicted molar refractivity (Wildman–Crippen MR) is 170 cm³/mol. The fraction of sp³-hybridized carbons (Fsp3) is 1.00. The van der Waals surface area contributed by atoms with E-state index in [0.717, 1.165) is 39.0 Å². The predicted octanol–water partition coefficient (Wildman–Crippen LogP) is 4.81. The summed E-state index contributed by atoms with van der Waals surface area (Å²) >= 11 is 0. The summed E-state index contributed by atoms with van der Waals surface area (Å²) in [6, 6.07) is 0. The molecule has 0 aromatic heterocycles. The molecule has 1 fully saturated rings. The Morgan fingerprint density at radius 3 is 1.05 bits per heavy atom. The molecule has 0 spiro atoms. The van der Waals surface area contributed by atoms with Gasteiger partial charge in [-0.25, -0.2) is 0 Å². The molecule has 0 aromatic carbocycles. The van der Waals surface area contributed by atoms with Gasteiger partial charge in [0.15, 0.2) is 0 Å². The molecule has 0 saturated carbocycles. The fourth-order valence-electron chi connectivity index (χ4n) is 4.57. The number of rotatable bonds is 36. The summed E-state index contributed by atoms with van der Waals surface area (Å²) in [5, 5.41) is 3.33. The first-order valence-electron chi connectivity index (χ1n) is 17.4. The van der Waals surface area contributed by atoms with E-state index < -0.39 is 0 Å². The molecular weight excluding hydrogens is 554 g/mol. The van der Waals surface area contributed by atoms with Gasteiger partial charge in [-0.3, -0.25) is 0 Å². The lowest BCUT2D eigenvalue weighted by Crippen LogP contribution is -2.33. The van der Waals surface area contributed by atoms with Gasteiger partial charge in [0.2, 0.25) is 0 Å². The molecule has 0 aliphatic carbocycles. The van der Waals surface area contributed by atoms with Crippen molar-refractivity contribution in [3.05, 3.63) is 0 Å². The maximum atomic E-state index is 5.79. The molecule has 43 heavy (non-hydrogen) atoms. The quantitative estimate of drug-likeness (QED) is 0.0983. The molecular formula is C33H67NO9. The number of hydrogen-bond acceptors (Lipinski definition) is 10. The molecule has 0 atom stereocenters. The van der Waals surface area contributed by atoms with E-state index in [4.69, 9.17) is 42.6 Å². The Morgan fingerprint density at radius 1 is 0.372 bits per heavy atom. The van der Waals surface area contributed by atoms with Crippen LogP contribution in [0.25, 0.3) is 0 Å². The van der Waals surface area contributed by atoms with Gasteiger partial charge in [0.25, 0.3) is 0 Å².